The van der Waals surface area contributed by atoms with E-state index in [1.54, 1.807) is 32.8 Å². The minimum absolute atomic E-state index is 0. The fourth-order valence-electron chi connectivity index (χ4n) is 5.49. The number of anilines is 4. The van der Waals surface area contributed by atoms with Crippen molar-refractivity contribution in [3.8, 4) is 0 Å². The third-order valence-corrected chi connectivity index (χ3v) is 8.51. The van der Waals surface area contributed by atoms with Crippen LogP contribution >= 0.6 is 35.6 Å². The third kappa shape index (κ3) is 12.0. The molecule has 0 heterocycles. The van der Waals surface area contributed by atoms with E-state index in [1.807, 2.05) is 0 Å². The molecule has 3 N–H and O–H groups in total. The molecule has 0 bridgehead atoms. The van der Waals surface area contributed by atoms with Gasteiger partial charge in [0.25, 0.3) is 40.5 Å². The highest BCUT2D eigenvalue weighted by molar-refractivity contribution is 6.18. The Labute approximate surface area is 341 Å². The van der Waals surface area contributed by atoms with E-state index in [0.29, 0.717) is 18.7 Å². The van der Waals surface area contributed by atoms with Crippen molar-refractivity contribution in [1.82, 2.24) is 10.2 Å². The van der Waals surface area contributed by atoms with Crippen LogP contribution in [-0.2, 0) is 0 Å². The zero-order chi connectivity index (χ0) is 41.9. The average Bonchev–Trinajstić information content (AvgIpc) is 3.14. The summed E-state index contributed by atoms with van der Waals surface area (Å²) in [5, 5.41) is 55.5. The van der Waals surface area contributed by atoms with Gasteiger partial charge in [-0.2, -0.15) is 0 Å². The van der Waals surface area contributed by atoms with Gasteiger partial charge in [-0.25, -0.2) is 0 Å². The van der Waals surface area contributed by atoms with Crippen LogP contribution in [0.15, 0.2) is 42.5 Å². The second-order valence-electron chi connectivity index (χ2n) is 12.0. The monoisotopic (exact) mass is 856 g/mol. The third-order valence-electron chi connectivity index (χ3n) is 8.17. The molecule has 0 atom stereocenters. The van der Waals surface area contributed by atoms with Crippen molar-refractivity contribution >= 4 is 98.8 Å². The van der Waals surface area contributed by atoms with Crippen LogP contribution < -0.4 is 25.8 Å². The summed E-state index contributed by atoms with van der Waals surface area (Å²) in [4.78, 5) is 89.8. The summed E-state index contributed by atoms with van der Waals surface area (Å²) in [6.07, 6.45) is 0. The normalized spacial score (nSPS) is 10.6. The lowest BCUT2D eigenvalue weighted by atomic mass is 10.1. The summed E-state index contributed by atoms with van der Waals surface area (Å²) < 4.78 is 0. The van der Waals surface area contributed by atoms with E-state index in [9.17, 15) is 54.8 Å². The minimum atomic E-state index is -1.12. The number of hydrogen-bond acceptors (Lipinski definition) is 14. The minimum Gasteiger partial charge on any atom is -0.365 e. The molecular weight excluding hydrogens is 819 g/mol. The van der Waals surface area contributed by atoms with Gasteiger partial charge in [-0.1, -0.05) is 0 Å². The van der Waals surface area contributed by atoms with E-state index in [2.05, 4.69) is 16.0 Å². The maximum Gasteiger partial charge on any atom is 0.299 e. The first-order valence-electron chi connectivity index (χ1n) is 16.7. The van der Waals surface area contributed by atoms with Crippen LogP contribution in [-0.4, -0.2) is 107 Å². The number of likely N-dealkylation sites (N-methyl/N-ethyl adjacent to an activating group) is 1. The molecule has 3 amide bonds. The number of benzene rings is 3. The number of hydrogen-bond donors (Lipinski definition) is 3. The predicted octanol–water partition coefficient (Wildman–Crippen LogP) is 5.67. The van der Waals surface area contributed by atoms with Gasteiger partial charge in [-0.3, -0.25) is 54.8 Å². The molecule has 0 aliphatic rings. The van der Waals surface area contributed by atoms with Crippen molar-refractivity contribution in [3.05, 3.63) is 99.6 Å². The number of amides is 3. The van der Waals surface area contributed by atoms with E-state index in [0.717, 1.165) is 18.2 Å². The molecule has 24 heteroatoms. The lowest BCUT2D eigenvalue weighted by Gasteiger charge is -2.22. The van der Waals surface area contributed by atoms with Crippen LogP contribution in [0, 0.1) is 40.5 Å². The first kappa shape index (κ1) is 47.3. The molecule has 3 rings (SSSR count). The van der Waals surface area contributed by atoms with Gasteiger partial charge in [0.05, 0.1) is 31.8 Å². The van der Waals surface area contributed by atoms with E-state index >= 15 is 0 Å². The van der Waals surface area contributed by atoms with Crippen molar-refractivity contribution in [2.24, 2.45) is 0 Å². The standard InChI is InChI=1S/C33H38Cl2N10O11.ClH/c1-5-40(10-7-34)27-16-23(25(42(49)50)18-29(27)44(53)54)32(47)37-21-13-20(31(46)36-9-12-39(3)4)14-22(15-21)38-33(48)24-17-28(41(6-2)11-8-35)30(45(55)56)19-26(24)43(51)52;/h13-19H,5-12H2,1-4H3,(H,36,46)(H,37,47)(H,38,48);1H. The second kappa shape index (κ2) is 21.4. The molecule has 0 unspecified atom stereocenters. The summed E-state index contributed by atoms with van der Waals surface area (Å²) in [6, 6.07) is 6.81. The Morgan fingerprint density at radius 2 is 0.982 bits per heavy atom. The summed E-state index contributed by atoms with van der Waals surface area (Å²) in [6.45, 7) is 4.51. The lowest BCUT2D eigenvalue weighted by molar-refractivity contribution is -0.394. The molecule has 57 heavy (non-hydrogen) atoms. The van der Waals surface area contributed by atoms with Gasteiger partial charge >= 0.3 is 0 Å². The number of nitro benzene ring substituents is 4. The van der Waals surface area contributed by atoms with E-state index in [-0.39, 0.29) is 85.2 Å². The second-order valence-corrected chi connectivity index (χ2v) is 12.8. The molecule has 0 saturated carbocycles. The zero-order valence-electron chi connectivity index (χ0n) is 31.0. The van der Waals surface area contributed by atoms with Gasteiger partial charge in [0.15, 0.2) is 0 Å². The van der Waals surface area contributed by atoms with Crippen molar-refractivity contribution in [2.45, 2.75) is 13.8 Å². The van der Waals surface area contributed by atoms with Crippen molar-refractivity contribution in [2.75, 3.05) is 85.6 Å². The number of rotatable bonds is 20. The lowest BCUT2D eigenvalue weighted by Crippen LogP contribution is -2.31. The number of alkyl halides is 2. The highest BCUT2D eigenvalue weighted by atomic mass is 35.5. The Morgan fingerprint density at radius 3 is 1.30 bits per heavy atom. The first-order valence-corrected chi connectivity index (χ1v) is 17.8. The molecule has 0 fully saturated rings. The van der Waals surface area contributed by atoms with Gasteiger partial charge in [-0.05, 0) is 58.3 Å². The van der Waals surface area contributed by atoms with E-state index in [1.165, 1.54) is 21.9 Å². The Balaban J connectivity index is 0.0000112. The van der Waals surface area contributed by atoms with E-state index in [4.69, 9.17) is 23.2 Å². The first-order chi connectivity index (χ1) is 26.5. The molecule has 0 saturated heterocycles. The average molecular weight is 858 g/mol. The Bertz CT molecular complexity index is 1910. The number of nitro groups is 4. The van der Waals surface area contributed by atoms with Crippen LogP contribution in [0.25, 0.3) is 0 Å². The Hall–Kier alpha value is -5.90. The molecule has 21 nitrogen and oxygen atoms in total. The molecule has 308 valence electrons. The summed E-state index contributed by atoms with van der Waals surface area (Å²) in [7, 11) is 3.54. The smallest absolute Gasteiger partial charge is 0.299 e. The van der Waals surface area contributed by atoms with Gasteiger partial charge in [0.2, 0.25) is 0 Å². The van der Waals surface area contributed by atoms with Gasteiger partial charge in [0, 0.05) is 68.0 Å². The quantitative estimate of drug-likeness (QED) is 0.0702. The van der Waals surface area contributed by atoms with Crippen LogP contribution in [0.4, 0.5) is 45.5 Å². The topological polar surface area (TPSA) is 270 Å². The molecule has 0 aliphatic carbocycles. The Morgan fingerprint density at radius 1 is 0.596 bits per heavy atom. The number of carbonyl (C=O) groups excluding carboxylic acids is 3. The number of halogens is 3. The predicted molar refractivity (Wildman–Crippen MR) is 217 cm³/mol. The summed E-state index contributed by atoms with van der Waals surface area (Å²) in [5.41, 5.74) is -5.00. The molecule has 0 radical (unpaired) electrons. The maximum atomic E-state index is 13.7. The highest BCUT2D eigenvalue weighted by Crippen LogP contribution is 2.37. The molecule has 0 aliphatic heterocycles. The number of nitrogens with zero attached hydrogens (tertiary/aromatic N) is 7. The van der Waals surface area contributed by atoms with Crippen molar-refractivity contribution in [3.63, 3.8) is 0 Å². The molecule has 0 aromatic heterocycles. The van der Waals surface area contributed by atoms with Crippen LogP contribution in [0.5, 0.6) is 0 Å². The fraction of sp³-hybridized carbons (Fsp3) is 0.364. The van der Waals surface area contributed by atoms with Crippen molar-refractivity contribution < 1.29 is 34.1 Å². The number of carbonyl (C=O) groups is 3. The summed E-state index contributed by atoms with van der Waals surface area (Å²) >= 11 is 11.8. The highest BCUT2D eigenvalue weighted by Gasteiger charge is 2.32. The van der Waals surface area contributed by atoms with Gasteiger partial charge in [-0.15, -0.1) is 35.6 Å². The SMILES string of the molecule is CCN(CCCl)c1cc(C(=O)Nc2cc(NC(=O)c3cc(N(CC)CCCl)c([N+](=O)[O-])cc3[N+](=O)[O-])cc(C(=O)NCCN(C)C)c2)c([N+](=O)[O-])cc1[N+](=O)[O-].Cl. The van der Waals surface area contributed by atoms with E-state index < -0.39 is 71.3 Å². The number of nitrogens with one attached hydrogen (secondary N) is 3. The fourth-order valence-corrected chi connectivity index (χ4v) is 5.90. The molecular formula is C33H39Cl3N10O11. The zero-order valence-corrected chi connectivity index (χ0v) is 33.3. The van der Waals surface area contributed by atoms with Gasteiger partial charge in [0.1, 0.15) is 22.5 Å². The van der Waals surface area contributed by atoms with Crippen LogP contribution in [0.3, 0.4) is 0 Å². The summed E-state index contributed by atoms with van der Waals surface area (Å²) in [5.74, 6) is -2.84. The van der Waals surface area contributed by atoms with Crippen LogP contribution in [0.1, 0.15) is 44.9 Å². The van der Waals surface area contributed by atoms with Crippen molar-refractivity contribution in [1.29, 1.82) is 0 Å². The Kier molecular flexibility index (Phi) is 17.8. The largest absolute Gasteiger partial charge is 0.365 e. The maximum absolute atomic E-state index is 13.7. The molecule has 3 aromatic rings. The van der Waals surface area contributed by atoms with Gasteiger partial charge < -0.3 is 30.7 Å². The molecule has 0 spiro atoms. The molecule has 3 aromatic carbocycles. The van der Waals surface area contributed by atoms with Crippen LogP contribution in [0.2, 0.25) is 0 Å².